The van der Waals surface area contributed by atoms with E-state index in [-0.39, 0.29) is 9.92 Å². The number of aryl methyl sites for hydroxylation is 1. The van der Waals surface area contributed by atoms with E-state index in [1.807, 2.05) is 12.1 Å². The van der Waals surface area contributed by atoms with E-state index >= 15 is 0 Å². The van der Waals surface area contributed by atoms with Gasteiger partial charge in [0.25, 0.3) is 10.0 Å². The van der Waals surface area contributed by atoms with Crippen molar-refractivity contribution in [3.8, 4) is 0 Å². The van der Waals surface area contributed by atoms with E-state index in [2.05, 4.69) is 22.9 Å². The van der Waals surface area contributed by atoms with Crippen LogP contribution in [0.1, 0.15) is 12.5 Å². The van der Waals surface area contributed by atoms with Crippen LogP contribution in [-0.2, 0) is 16.4 Å². The molecule has 0 aliphatic carbocycles. The van der Waals surface area contributed by atoms with Crippen LogP contribution in [-0.4, -0.2) is 15.5 Å². The number of hydrogen-bond acceptors (Lipinski definition) is 2. The van der Waals surface area contributed by atoms with Crippen LogP contribution < -0.4 is 4.31 Å². The highest BCUT2D eigenvalue weighted by Gasteiger charge is 2.24. The summed E-state index contributed by atoms with van der Waals surface area (Å²) in [6.07, 6.45) is 0.912. The molecule has 0 spiro atoms. The van der Waals surface area contributed by atoms with Crippen LogP contribution in [0.4, 0.5) is 5.69 Å². The molecular weight excluding hydrogens is 374 g/mol. The van der Waals surface area contributed by atoms with Gasteiger partial charge in [0.05, 0.1) is 10.7 Å². The molecule has 0 heterocycles. The third kappa shape index (κ3) is 3.42. The van der Waals surface area contributed by atoms with E-state index < -0.39 is 10.0 Å². The van der Waals surface area contributed by atoms with Crippen LogP contribution in [0.5, 0.6) is 0 Å². The average molecular weight is 389 g/mol. The summed E-state index contributed by atoms with van der Waals surface area (Å²) in [6, 6.07) is 12.2. The molecule has 0 bridgehead atoms. The zero-order chi connectivity index (χ0) is 15.6. The van der Waals surface area contributed by atoms with E-state index in [0.717, 1.165) is 16.5 Å². The van der Waals surface area contributed by atoms with Crippen LogP contribution in [0.3, 0.4) is 0 Å². The highest BCUT2D eigenvalue weighted by atomic mass is 79.9. The number of sulfonamides is 1. The van der Waals surface area contributed by atoms with Gasteiger partial charge < -0.3 is 0 Å². The zero-order valence-electron chi connectivity index (χ0n) is 11.7. The maximum absolute atomic E-state index is 12.6. The van der Waals surface area contributed by atoms with Gasteiger partial charge in [0.15, 0.2) is 0 Å². The lowest BCUT2D eigenvalue weighted by Gasteiger charge is -2.20. The zero-order valence-corrected chi connectivity index (χ0v) is 14.8. The van der Waals surface area contributed by atoms with Crippen molar-refractivity contribution in [2.24, 2.45) is 0 Å². The molecule has 0 aliphatic heterocycles. The Balaban J connectivity index is 2.42. The maximum Gasteiger partial charge on any atom is 0.265 e. The number of halogens is 2. The predicted molar refractivity (Wildman–Crippen MR) is 90.6 cm³/mol. The normalized spacial score (nSPS) is 11.4. The maximum atomic E-state index is 12.6. The lowest BCUT2D eigenvalue weighted by molar-refractivity contribution is 0.594. The highest BCUT2D eigenvalue weighted by Crippen LogP contribution is 2.29. The third-order valence-corrected chi connectivity index (χ3v) is 6.00. The Morgan fingerprint density at radius 2 is 1.76 bits per heavy atom. The number of benzene rings is 2. The molecule has 0 amide bonds. The number of hydrogen-bond donors (Lipinski definition) is 0. The summed E-state index contributed by atoms with van der Waals surface area (Å²) in [6.45, 7) is 2.05. The molecule has 0 radical (unpaired) electrons. The van der Waals surface area contributed by atoms with Gasteiger partial charge in [-0.15, -0.1) is 0 Å². The van der Waals surface area contributed by atoms with Gasteiger partial charge in [-0.05, 0) is 42.3 Å². The van der Waals surface area contributed by atoms with Crippen molar-refractivity contribution in [3.63, 3.8) is 0 Å². The molecule has 0 aliphatic rings. The molecule has 0 N–H and O–H groups in total. The minimum atomic E-state index is -3.68. The predicted octanol–water partition coefficient (Wildman–Crippen LogP) is 4.49. The lowest BCUT2D eigenvalue weighted by Crippen LogP contribution is -2.26. The Hall–Kier alpha value is -1.04. The Morgan fingerprint density at radius 3 is 2.29 bits per heavy atom. The standard InChI is InChI=1S/C15H15BrClNO2S/c1-3-11-4-7-13(8-5-11)18(2)21(19,20)15-9-6-12(16)10-14(15)17/h4-10H,3H2,1-2H3. The minimum Gasteiger partial charge on any atom is -0.269 e. The summed E-state index contributed by atoms with van der Waals surface area (Å²) >= 11 is 9.33. The van der Waals surface area contributed by atoms with Crippen molar-refractivity contribution in [1.82, 2.24) is 0 Å². The van der Waals surface area contributed by atoms with Crippen molar-refractivity contribution in [2.75, 3.05) is 11.4 Å². The second-order valence-corrected chi connectivity index (χ2v) is 7.83. The topological polar surface area (TPSA) is 37.4 Å². The fraction of sp³-hybridized carbons (Fsp3) is 0.200. The Kier molecular flexibility index (Phi) is 4.96. The van der Waals surface area contributed by atoms with Gasteiger partial charge in [0.1, 0.15) is 4.90 Å². The largest absolute Gasteiger partial charge is 0.269 e. The fourth-order valence-corrected chi connectivity index (χ4v) is 4.12. The van der Waals surface area contributed by atoms with Crippen molar-refractivity contribution in [1.29, 1.82) is 0 Å². The smallest absolute Gasteiger partial charge is 0.265 e. The fourth-order valence-electron chi connectivity index (χ4n) is 1.91. The summed E-state index contributed by atoms with van der Waals surface area (Å²) in [5, 5.41) is 0.196. The van der Waals surface area contributed by atoms with Gasteiger partial charge in [-0.25, -0.2) is 8.42 Å². The number of rotatable bonds is 4. The van der Waals surface area contributed by atoms with Crippen molar-refractivity contribution >= 4 is 43.2 Å². The van der Waals surface area contributed by atoms with Crippen molar-refractivity contribution in [3.05, 3.63) is 57.5 Å². The lowest BCUT2D eigenvalue weighted by atomic mass is 10.1. The second-order valence-electron chi connectivity index (χ2n) is 4.57. The molecule has 0 unspecified atom stereocenters. The molecule has 21 heavy (non-hydrogen) atoms. The quantitative estimate of drug-likeness (QED) is 0.774. The Labute approximate surface area is 138 Å². The van der Waals surface area contributed by atoms with Crippen molar-refractivity contribution in [2.45, 2.75) is 18.2 Å². The minimum absolute atomic E-state index is 0.0921. The van der Waals surface area contributed by atoms with E-state index in [0.29, 0.717) is 5.69 Å². The van der Waals surface area contributed by atoms with E-state index in [9.17, 15) is 8.42 Å². The summed E-state index contributed by atoms with van der Waals surface area (Å²) in [5.74, 6) is 0. The van der Waals surface area contributed by atoms with E-state index in [4.69, 9.17) is 11.6 Å². The summed E-state index contributed by atoms with van der Waals surface area (Å²) < 4.78 is 27.3. The van der Waals surface area contributed by atoms with Gasteiger partial charge in [-0.2, -0.15) is 0 Å². The molecule has 3 nitrogen and oxygen atoms in total. The number of anilines is 1. The van der Waals surface area contributed by atoms with Gasteiger partial charge in [-0.3, -0.25) is 4.31 Å². The van der Waals surface area contributed by atoms with Crippen LogP contribution in [0.2, 0.25) is 5.02 Å². The van der Waals surface area contributed by atoms with E-state index in [1.165, 1.54) is 17.4 Å². The molecule has 6 heteroatoms. The van der Waals surface area contributed by atoms with Crippen molar-refractivity contribution < 1.29 is 8.42 Å². The molecule has 2 rings (SSSR count). The monoisotopic (exact) mass is 387 g/mol. The molecule has 0 atom stereocenters. The molecule has 0 saturated carbocycles. The van der Waals surface area contributed by atoms with Crippen LogP contribution in [0, 0.1) is 0 Å². The summed E-state index contributed by atoms with van der Waals surface area (Å²) in [5.41, 5.74) is 1.76. The molecule has 0 saturated heterocycles. The first-order chi connectivity index (χ1) is 9.86. The summed E-state index contributed by atoms with van der Waals surface area (Å²) in [4.78, 5) is 0.0921. The van der Waals surface area contributed by atoms with Gasteiger partial charge in [0.2, 0.25) is 0 Å². The first-order valence-corrected chi connectivity index (χ1v) is 9.00. The van der Waals surface area contributed by atoms with Gasteiger partial charge in [-0.1, -0.05) is 46.6 Å². The summed E-state index contributed by atoms with van der Waals surface area (Å²) in [7, 11) is -2.16. The molecule has 112 valence electrons. The first-order valence-electron chi connectivity index (χ1n) is 6.39. The highest BCUT2D eigenvalue weighted by molar-refractivity contribution is 9.10. The molecule has 0 aromatic heterocycles. The third-order valence-electron chi connectivity index (χ3n) is 3.24. The Bertz CT molecular complexity index is 745. The van der Waals surface area contributed by atoms with Crippen LogP contribution in [0.15, 0.2) is 51.8 Å². The van der Waals surface area contributed by atoms with Gasteiger partial charge >= 0.3 is 0 Å². The van der Waals surface area contributed by atoms with E-state index in [1.54, 1.807) is 24.3 Å². The number of nitrogens with zero attached hydrogens (tertiary/aromatic N) is 1. The molecular formula is C15H15BrClNO2S. The second kappa shape index (κ2) is 6.38. The molecule has 0 fully saturated rings. The Morgan fingerprint density at radius 1 is 1.14 bits per heavy atom. The van der Waals surface area contributed by atoms with Crippen LogP contribution in [0.25, 0.3) is 0 Å². The van der Waals surface area contributed by atoms with Gasteiger partial charge in [0, 0.05) is 11.5 Å². The first kappa shape index (κ1) is 16.3. The SMILES string of the molecule is CCc1ccc(N(C)S(=O)(=O)c2ccc(Br)cc2Cl)cc1. The van der Waals surface area contributed by atoms with Crippen LogP contribution >= 0.6 is 27.5 Å². The molecule has 2 aromatic rings. The molecule has 2 aromatic carbocycles. The average Bonchev–Trinajstić information content (AvgIpc) is 2.46.